The van der Waals surface area contributed by atoms with Crippen LogP contribution in [0.3, 0.4) is 0 Å². The maximum absolute atomic E-state index is 2.69. The summed E-state index contributed by atoms with van der Waals surface area (Å²) in [5.74, 6) is 0. The lowest BCUT2D eigenvalue weighted by molar-refractivity contribution is 0.398. The summed E-state index contributed by atoms with van der Waals surface area (Å²) in [6.45, 7) is 14.0. The summed E-state index contributed by atoms with van der Waals surface area (Å²) in [6.07, 6.45) is 32.0. The van der Waals surface area contributed by atoms with Crippen molar-refractivity contribution >= 4 is 0 Å². The summed E-state index contributed by atoms with van der Waals surface area (Å²) in [5.41, 5.74) is 18.4. The fourth-order valence-electron chi connectivity index (χ4n) is 11.0. The predicted octanol–water partition coefficient (Wildman–Crippen LogP) is 17.9. The van der Waals surface area contributed by atoms with E-state index in [0.29, 0.717) is 0 Å². The van der Waals surface area contributed by atoms with Gasteiger partial charge in [0.05, 0.1) is 0 Å². The average molecular weight is 751 g/mol. The molecule has 4 aromatic rings. The maximum atomic E-state index is 2.69. The molecule has 0 aliphatic heterocycles. The van der Waals surface area contributed by atoms with Crippen molar-refractivity contribution in [1.82, 2.24) is 0 Å². The molecular weight excluding hydrogens is 673 g/mol. The molecule has 0 spiro atoms. The molecule has 0 amide bonds. The van der Waals surface area contributed by atoms with Crippen molar-refractivity contribution in [3.05, 3.63) is 106 Å². The Bertz CT molecular complexity index is 1820. The van der Waals surface area contributed by atoms with Gasteiger partial charge in [-0.1, -0.05) is 228 Å². The van der Waals surface area contributed by atoms with Crippen molar-refractivity contribution in [2.24, 2.45) is 0 Å². The number of benzene rings is 4. The van der Waals surface area contributed by atoms with Crippen LogP contribution in [0.15, 0.2) is 72.8 Å². The summed E-state index contributed by atoms with van der Waals surface area (Å²) in [4.78, 5) is 0. The molecule has 6 rings (SSSR count). The first-order chi connectivity index (χ1) is 27.4. The van der Waals surface area contributed by atoms with E-state index in [9.17, 15) is 0 Å². The number of unbranched alkanes of at least 4 members (excludes halogenated alkanes) is 16. The first-order valence-corrected chi connectivity index (χ1v) is 23.9. The Balaban J connectivity index is 1.40. The summed E-state index contributed by atoms with van der Waals surface area (Å²) in [7, 11) is 0. The van der Waals surface area contributed by atoms with Crippen LogP contribution in [0, 0.1) is 13.8 Å². The Morgan fingerprint density at radius 1 is 0.304 bits per heavy atom. The maximum Gasteiger partial charge on any atom is 0.0215 e. The van der Waals surface area contributed by atoms with Gasteiger partial charge in [-0.2, -0.15) is 0 Å². The van der Waals surface area contributed by atoms with Gasteiger partial charge in [0.25, 0.3) is 0 Å². The third kappa shape index (κ3) is 9.27. The number of hydrogen-bond acceptors (Lipinski definition) is 0. The summed E-state index contributed by atoms with van der Waals surface area (Å²) in [6, 6.07) is 30.1. The molecule has 56 heavy (non-hydrogen) atoms. The minimum absolute atomic E-state index is 0.107. The van der Waals surface area contributed by atoms with E-state index in [-0.39, 0.29) is 10.8 Å². The largest absolute Gasteiger partial charge is 0.0654 e. The molecule has 0 radical (unpaired) electrons. The molecule has 4 aromatic carbocycles. The Kier molecular flexibility index (Phi) is 15.6. The Labute approximate surface area is 344 Å². The highest BCUT2D eigenvalue weighted by Gasteiger charge is 2.44. The molecule has 1 atom stereocenters. The Hall–Kier alpha value is -3.12. The van der Waals surface area contributed by atoms with Crippen LogP contribution >= 0.6 is 0 Å². The molecule has 0 nitrogen and oxygen atoms in total. The number of fused-ring (bicyclic) bond motifs is 6. The van der Waals surface area contributed by atoms with E-state index >= 15 is 0 Å². The van der Waals surface area contributed by atoms with Gasteiger partial charge in [-0.15, -0.1) is 0 Å². The van der Waals surface area contributed by atoms with Gasteiger partial charge in [0.15, 0.2) is 0 Å². The SMILES string of the molecule is CCCCCCCCC1(CCCC)c2cc(C)ccc2-c2ccc(-c3ccc4c(c3)C(CCCCCCCC)(CCCCCCCC)c3cc(C)ccc3-4)cc21. The van der Waals surface area contributed by atoms with Crippen molar-refractivity contribution in [3.8, 4) is 33.4 Å². The Morgan fingerprint density at radius 2 is 0.589 bits per heavy atom. The molecule has 0 saturated carbocycles. The van der Waals surface area contributed by atoms with Crippen LogP contribution < -0.4 is 0 Å². The molecule has 0 fully saturated rings. The molecule has 1 unspecified atom stereocenters. The van der Waals surface area contributed by atoms with Gasteiger partial charge in [0, 0.05) is 10.8 Å². The van der Waals surface area contributed by atoms with E-state index in [1.807, 2.05) is 0 Å². The van der Waals surface area contributed by atoms with Gasteiger partial charge < -0.3 is 0 Å². The minimum atomic E-state index is 0.107. The molecule has 0 heteroatoms. The fraction of sp³-hybridized carbons (Fsp3) is 0.571. The lowest BCUT2D eigenvalue weighted by atomic mass is 9.69. The molecule has 302 valence electrons. The van der Waals surface area contributed by atoms with Crippen molar-refractivity contribution in [1.29, 1.82) is 0 Å². The molecule has 2 aliphatic rings. The highest BCUT2D eigenvalue weighted by molar-refractivity contribution is 5.87. The third-order valence-corrected chi connectivity index (χ3v) is 14.2. The molecule has 0 saturated heterocycles. The first-order valence-electron chi connectivity index (χ1n) is 23.9. The summed E-state index contributed by atoms with van der Waals surface area (Å²) < 4.78 is 0. The van der Waals surface area contributed by atoms with Gasteiger partial charge in [-0.05, 0) is 107 Å². The zero-order valence-electron chi connectivity index (χ0n) is 36.9. The zero-order valence-corrected chi connectivity index (χ0v) is 36.9. The molecular formula is C56H78. The van der Waals surface area contributed by atoms with E-state index in [1.54, 1.807) is 22.3 Å². The highest BCUT2D eigenvalue weighted by Crippen LogP contribution is 2.57. The number of aryl methyl sites for hydroxylation is 2. The molecule has 0 bridgehead atoms. The third-order valence-electron chi connectivity index (χ3n) is 14.2. The smallest absolute Gasteiger partial charge is 0.0215 e. The van der Waals surface area contributed by atoms with Crippen molar-refractivity contribution < 1.29 is 0 Å². The second-order valence-corrected chi connectivity index (χ2v) is 18.4. The van der Waals surface area contributed by atoms with Crippen LogP contribution in [-0.2, 0) is 10.8 Å². The van der Waals surface area contributed by atoms with Gasteiger partial charge in [-0.3, -0.25) is 0 Å². The van der Waals surface area contributed by atoms with Gasteiger partial charge in [0.1, 0.15) is 0 Å². The highest BCUT2D eigenvalue weighted by atomic mass is 14.5. The van der Waals surface area contributed by atoms with E-state index < -0.39 is 0 Å². The van der Waals surface area contributed by atoms with Crippen LogP contribution in [0.4, 0.5) is 0 Å². The van der Waals surface area contributed by atoms with E-state index in [1.165, 1.54) is 199 Å². The van der Waals surface area contributed by atoms with E-state index in [2.05, 4.69) is 114 Å². The second-order valence-electron chi connectivity index (χ2n) is 18.4. The zero-order chi connectivity index (χ0) is 39.4. The van der Waals surface area contributed by atoms with Gasteiger partial charge >= 0.3 is 0 Å². The van der Waals surface area contributed by atoms with E-state index in [4.69, 9.17) is 0 Å². The van der Waals surface area contributed by atoms with Crippen molar-refractivity contribution in [3.63, 3.8) is 0 Å². The van der Waals surface area contributed by atoms with Crippen LogP contribution in [0.25, 0.3) is 33.4 Å². The Morgan fingerprint density at radius 3 is 0.946 bits per heavy atom. The predicted molar refractivity (Wildman–Crippen MR) is 247 cm³/mol. The standard InChI is InChI=1S/C56H78/c1-7-11-15-18-21-24-36-55(35-14-10-4)51-39-43(5)27-31-47(51)49-33-29-45(41-53(49)55)46-30-34-50-48-32-28-44(6)40-52(48)56(54(50)42-46,37-25-22-19-16-12-8-2)38-26-23-20-17-13-9-3/h27-34,39-42H,7-26,35-38H2,1-6H3. The van der Waals surface area contributed by atoms with Crippen molar-refractivity contribution in [2.45, 2.75) is 206 Å². The van der Waals surface area contributed by atoms with Crippen LogP contribution in [0.1, 0.15) is 215 Å². The van der Waals surface area contributed by atoms with Crippen LogP contribution in [0.2, 0.25) is 0 Å². The normalized spacial score (nSPS) is 16.2. The summed E-state index contributed by atoms with van der Waals surface area (Å²) >= 11 is 0. The number of hydrogen-bond donors (Lipinski definition) is 0. The minimum Gasteiger partial charge on any atom is -0.0654 e. The van der Waals surface area contributed by atoms with E-state index in [0.717, 1.165) is 0 Å². The van der Waals surface area contributed by atoms with Gasteiger partial charge in [-0.25, -0.2) is 0 Å². The van der Waals surface area contributed by atoms with Crippen LogP contribution in [-0.4, -0.2) is 0 Å². The lowest BCUT2D eigenvalue weighted by Crippen LogP contribution is -2.26. The topological polar surface area (TPSA) is 0 Å². The fourth-order valence-corrected chi connectivity index (χ4v) is 11.0. The second kappa shape index (κ2) is 20.5. The monoisotopic (exact) mass is 751 g/mol. The van der Waals surface area contributed by atoms with Crippen LogP contribution in [0.5, 0.6) is 0 Å². The lowest BCUT2D eigenvalue weighted by Gasteiger charge is -2.34. The molecule has 0 heterocycles. The van der Waals surface area contributed by atoms with Crippen molar-refractivity contribution in [2.75, 3.05) is 0 Å². The quantitative estimate of drug-likeness (QED) is 0.0592. The average Bonchev–Trinajstić information content (AvgIpc) is 3.63. The van der Waals surface area contributed by atoms with Gasteiger partial charge in [0.2, 0.25) is 0 Å². The number of rotatable bonds is 25. The molecule has 2 aliphatic carbocycles. The summed E-state index contributed by atoms with van der Waals surface area (Å²) in [5, 5.41) is 0. The first kappa shape index (κ1) is 42.5. The molecule has 0 aromatic heterocycles. The molecule has 0 N–H and O–H groups in total.